The standard InChI is InChI=1S/C13H22BrNS/c1-9(2)11(7-15-10(3)4)5-13-6-12(14)8-16-13/h6,8-11,15H,5,7H2,1-4H3. The molecule has 0 fully saturated rings. The molecule has 1 nitrogen and oxygen atoms in total. The highest BCUT2D eigenvalue weighted by Gasteiger charge is 2.15. The van der Waals surface area contributed by atoms with Gasteiger partial charge in [-0.25, -0.2) is 0 Å². The maximum Gasteiger partial charge on any atom is 0.0285 e. The van der Waals surface area contributed by atoms with Crippen LogP contribution in [0, 0.1) is 11.8 Å². The summed E-state index contributed by atoms with van der Waals surface area (Å²) in [4.78, 5) is 1.48. The molecule has 1 atom stereocenters. The highest BCUT2D eigenvalue weighted by Crippen LogP contribution is 2.25. The lowest BCUT2D eigenvalue weighted by atomic mass is 9.91. The molecule has 0 aliphatic rings. The number of thiophene rings is 1. The highest BCUT2D eigenvalue weighted by molar-refractivity contribution is 9.10. The maximum atomic E-state index is 3.55. The Kier molecular flexibility index (Phi) is 6.01. The lowest BCUT2D eigenvalue weighted by Crippen LogP contribution is -2.32. The van der Waals surface area contributed by atoms with Gasteiger partial charge >= 0.3 is 0 Å². The number of hydrogen-bond acceptors (Lipinski definition) is 2. The summed E-state index contributed by atoms with van der Waals surface area (Å²) in [5.74, 6) is 1.46. The molecular formula is C13H22BrNS. The van der Waals surface area contributed by atoms with Crippen molar-refractivity contribution in [2.75, 3.05) is 6.54 Å². The third-order valence-electron chi connectivity index (χ3n) is 2.82. The second-order valence-corrected chi connectivity index (χ2v) is 6.91. The van der Waals surface area contributed by atoms with Crippen molar-refractivity contribution in [1.29, 1.82) is 0 Å². The number of rotatable bonds is 6. The minimum atomic E-state index is 0.580. The van der Waals surface area contributed by atoms with Gasteiger partial charge in [-0.2, -0.15) is 0 Å². The van der Waals surface area contributed by atoms with Gasteiger partial charge in [0, 0.05) is 20.8 Å². The van der Waals surface area contributed by atoms with Crippen LogP contribution >= 0.6 is 27.3 Å². The Morgan fingerprint density at radius 3 is 2.44 bits per heavy atom. The van der Waals surface area contributed by atoms with Crippen LogP contribution in [0.25, 0.3) is 0 Å². The largest absolute Gasteiger partial charge is 0.314 e. The van der Waals surface area contributed by atoms with Gasteiger partial charge < -0.3 is 5.32 Å². The second-order valence-electron chi connectivity index (χ2n) is 5.00. The summed E-state index contributed by atoms with van der Waals surface area (Å²) in [6.07, 6.45) is 1.19. The summed E-state index contributed by atoms with van der Waals surface area (Å²) in [7, 11) is 0. The van der Waals surface area contributed by atoms with Crippen LogP contribution in [-0.2, 0) is 6.42 Å². The Balaban J connectivity index is 2.51. The SMILES string of the molecule is CC(C)NCC(Cc1cc(Br)cs1)C(C)C. The van der Waals surface area contributed by atoms with Crippen molar-refractivity contribution >= 4 is 27.3 Å². The van der Waals surface area contributed by atoms with E-state index in [-0.39, 0.29) is 0 Å². The molecule has 0 aromatic carbocycles. The van der Waals surface area contributed by atoms with Gasteiger partial charge in [0.15, 0.2) is 0 Å². The average Bonchev–Trinajstić information content (AvgIpc) is 2.57. The minimum Gasteiger partial charge on any atom is -0.314 e. The molecule has 3 heteroatoms. The fourth-order valence-corrected chi connectivity index (χ4v) is 3.20. The van der Waals surface area contributed by atoms with E-state index < -0.39 is 0 Å². The predicted molar refractivity (Wildman–Crippen MR) is 77.2 cm³/mol. The fraction of sp³-hybridized carbons (Fsp3) is 0.692. The molecule has 0 spiro atoms. The highest BCUT2D eigenvalue weighted by atomic mass is 79.9. The van der Waals surface area contributed by atoms with E-state index in [4.69, 9.17) is 0 Å². The van der Waals surface area contributed by atoms with E-state index in [1.165, 1.54) is 15.8 Å². The molecule has 0 aliphatic carbocycles. The van der Waals surface area contributed by atoms with E-state index in [2.05, 4.69) is 60.4 Å². The van der Waals surface area contributed by atoms with Crippen LogP contribution in [-0.4, -0.2) is 12.6 Å². The average molecular weight is 304 g/mol. The molecule has 0 saturated heterocycles. The smallest absolute Gasteiger partial charge is 0.0285 e. The van der Waals surface area contributed by atoms with Crippen molar-refractivity contribution in [3.63, 3.8) is 0 Å². The van der Waals surface area contributed by atoms with Gasteiger partial charge in [0.05, 0.1) is 0 Å². The van der Waals surface area contributed by atoms with Crippen LogP contribution in [0.3, 0.4) is 0 Å². The summed E-state index contributed by atoms with van der Waals surface area (Å²) < 4.78 is 1.21. The van der Waals surface area contributed by atoms with E-state index in [9.17, 15) is 0 Å². The molecule has 1 N–H and O–H groups in total. The second kappa shape index (κ2) is 6.77. The Labute approximate surface area is 112 Å². The molecule has 16 heavy (non-hydrogen) atoms. The zero-order chi connectivity index (χ0) is 12.1. The number of hydrogen-bond donors (Lipinski definition) is 1. The summed E-state index contributed by atoms with van der Waals surface area (Å²) in [5, 5.41) is 5.72. The Bertz CT molecular complexity index is 307. The Hall–Kier alpha value is 0.140. The molecule has 1 rings (SSSR count). The van der Waals surface area contributed by atoms with Crippen LogP contribution in [0.1, 0.15) is 32.6 Å². The monoisotopic (exact) mass is 303 g/mol. The van der Waals surface area contributed by atoms with Crippen LogP contribution in [0.5, 0.6) is 0 Å². The zero-order valence-corrected chi connectivity index (χ0v) is 13.0. The molecule has 1 aromatic heterocycles. The van der Waals surface area contributed by atoms with Gasteiger partial charge in [0.2, 0.25) is 0 Å². The Morgan fingerprint density at radius 1 is 1.31 bits per heavy atom. The minimum absolute atomic E-state index is 0.580. The van der Waals surface area contributed by atoms with Gasteiger partial charge in [-0.15, -0.1) is 11.3 Å². The topological polar surface area (TPSA) is 12.0 Å². The van der Waals surface area contributed by atoms with Gasteiger partial charge in [-0.3, -0.25) is 0 Å². The van der Waals surface area contributed by atoms with Crippen molar-refractivity contribution in [2.24, 2.45) is 11.8 Å². The van der Waals surface area contributed by atoms with Gasteiger partial charge in [-0.05, 0) is 46.8 Å². The Morgan fingerprint density at radius 2 is 2.00 bits per heavy atom. The molecule has 1 aromatic rings. The molecule has 0 saturated carbocycles. The van der Waals surface area contributed by atoms with Gasteiger partial charge in [-0.1, -0.05) is 27.7 Å². The van der Waals surface area contributed by atoms with Crippen LogP contribution < -0.4 is 5.32 Å². The van der Waals surface area contributed by atoms with Crippen molar-refractivity contribution in [3.05, 3.63) is 20.8 Å². The molecule has 1 unspecified atom stereocenters. The number of halogens is 1. The molecule has 0 aliphatic heterocycles. The fourth-order valence-electron chi connectivity index (χ4n) is 1.65. The van der Waals surface area contributed by atoms with Crippen LogP contribution in [0.15, 0.2) is 15.9 Å². The lowest BCUT2D eigenvalue weighted by molar-refractivity contribution is 0.351. The van der Waals surface area contributed by atoms with E-state index in [1.807, 2.05) is 11.3 Å². The van der Waals surface area contributed by atoms with Crippen LogP contribution in [0.4, 0.5) is 0 Å². The number of nitrogens with one attached hydrogen (secondary N) is 1. The first kappa shape index (κ1) is 14.2. The summed E-state index contributed by atoms with van der Waals surface area (Å²) in [5.41, 5.74) is 0. The van der Waals surface area contributed by atoms with Crippen molar-refractivity contribution in [1.82, 2.24) is 5.32 Å². The summed E-state index contributed by atoms with van der Waals surface area (Å²) in [6, 6.07) is 2.83. The predicted octanol–water partition coefficient (Wildman–Crippen LogP) is 4.32. The first-order valence-electron chi connectivity index (χ1n) is 5.95. The lowest BCUT2D eigenvalue weighted by Gasteiger charge is -2.22. The maximum absolute atomic E-state index is 3.55. The van der Waals surface area contributed by atoms with Gasteiger partial charge in [0.25, 0.3) is 0 Å². The summed E-state index contributed by atoms with van der Waals surface area (Å²) in [6.45, 7) is 10.2. The van der Waals surface area contributed by atoms with Crippen molar-refractivity contribution in [2.45, 2.75) is 40.2 Å². The zero-order valence-electron chi connectivity index (χ0n) is 10.6. The third kappa shape index (κ3) is 4.98. The molecule has 1 heterocycles. The molecular weight excluding hydrogens is 282 g/mol. The molecule has 92 valence electrons. The normalized spacial score (nSPS) is 13.7. The van der Waals surface area contributed by atoms with Crippen molar-refractivity contribution in [3.8, 4) is 0 Å². The molecule has 0 bridgehead atoms. The summed E-state index contributed by atoms with van der Waals surface area (Å²) >= 11 is 5.37. The van der Waals surface area contributed by atoms with Crippen LogP contribution in [0.2, 0.25) is 0 Å². The van der Waals surface area contributed by atoms with E-state index in [0.717, 1.165) is 18.4 Å². The first-order valence-corrected chi connectivity index (χ1v) is 7.62. The van der Waals surface area contributed by atoms with Gasteiger partial charge in [0.1, 0.15) is 0 Å². The van der Waals surface area contributed by atoms with E-state index in [1.54, 1.807) is 0 Å². The first-order chi connectivity index (χ1) is 7.49. The van der Waals surface area contributed by atoms with Crippen molar-refractivity contribution < 1.29 is 0 Å². The molecule has 0 amide bonds. The molecule has 0 radical (unpaired) electrons. The van der Waals surface area contributed by atoms with E-state index in [0.29, 0.717) is 6.04 Å². The quantitative estimate of drug-likeness (QED) is 0.825. The third-order valence-corrected chi connectivity index (χ3v) is 4.54. The van der Waals surface area contributed by atoms with E-state index >= 15 is 0 Å².